The molecule has 1 spiro atoms. The van der Waals surface area contributed by atoms with Crippen LogP contribution < -0.4 is 0 Å². The Hall–Kier alpha value is -6.11. The fraction of sp³-hybridized carbons (Fsp3) is 0.0238. The van der Waals surface area contributed by atoms with Crippen LogP contribution in [0.2, 0.25) is 0 Å². The predicted octanol–water partition coefficient (Wildman–Crippen LogP) is 9.91. The highest BCUT2D eigenvalue weighted by atomic mass is 32.1. The van der Waals surface area contributed by atoms with Gasteiger partial charge in [-0.2, -0.15) is 0 Å². The van der Waals surface area contributed by atoms with Gasteiger partial charge >= 0.3 is 0 Å². The first kappa shape index (κ1) is 25.0. The molecule has 5 heterocycles. The Kier molecular flexibility index (Phi) is 4.50. The van der Waals surface area contributed by atoms with Crippen LogP contribution >= 0.6 is 11.3 Å². The SMILES string of the molecule is c1ccc2c(c1)-c1ccccc1C21c2ccccc2-c2c1cc1c3ncc(-c4cccc5c4sc4ccccc45)n3c3nccnc3n21. The summed E-state index contributed by atoms with van der Waals surface area (Å²) in [6.07, 6.45) is 5.62. The van der Waals surface area contributed by atoms with E-state index in [0.717, 1.165) is 39.4 Å². The molecular weight excluding hydrogens is 607 g/mol. The smallest absolute Gasteiger partial charge is 0.183 e. The summed E-state index contributed by atoms with van der Waals surface area (Å²) >= 11 is 1.83. The van der Waals surface area contributed by atoms with E-state index in [4.69, 9.17) is 15.0 Å². The van der Waals surface area contributed by atoms with Crippen molar-refractivity contribution in [2.45, 2.75) is 5.41 Å². The molecule has 5 aromatic heterocycles. The highest BCUT2D eigenvalue weighted by molar-refractivity contribution is 7.26. The number of nitrogens with zero attached hydrogens (tertiary/aromatic N) is 5. The van der Waals surface area contributed by atoms with Crippen LogP contribution in [0.15, 0.2) is 140 Å². The van der Waals surface area contributed by atoms with Crippen LogP contribution in [0.5, 0.6) is 0 Å². The fourth-order valence-corrected chi connectivity index (χ4v) is 10.2. The Labute approximate surface area is 278 Å². The van der Waals surface area contributed by atoms with Gasteiger partial charge in [0.2, 0.25) is 0 Å². The van der Waals surface area contributed by atoms with Crippen molar-refractivity contribution in [3.05, 3.63) is 162 Å². The number of rotatable bonds is 1. The van der Waals surface area contributed by atoms with Crippen LogP contribution in [0.3, 0.4) is 0 Å². The highest BCUT2D eigenvalue weighted by Gasteiger charge is 2.53. The lowest BCUT2D eigenvalue weighted by atomic mass is 9.71. The average Bonchev–Trinajstić information content (AvgIpc) is 3.95. The molecule has 0 bridgehead atoms. The van der Waals surface area contributed by atoms with Crippen LogP contribution in [0.4, 0.5) is 0 Å². The number of thiophene rings is 1. The van der Waals surface area contributed by atoms with Gasteiger partial charge in [0.05, 0.1) is 28.5 Å². The van der Waals surface area contributed by atoms with Crippen molar-refractivity contribution >= 4 is 54.0 Å². The molecule has 12 rings (SSSR count). The van der Waals surface area contributed by atoms with E-state index in [2.05, 4.69) is 130 Å². The van der Waals surface area contributed by atoms with Crippen LogP contribution in [0.25, 0.3) is 76.3 Å². The first-order valence-corrected chi connectivity index (χ1v) is 17.0. The molecule has 222 valence electrons. The molecule has 0 atom stereocenters. The quantitative estimate of drug-likeness (QED) is 0.182. The number of fused-ring (bicyclic) bond motifs is 20. The molecule has 0 N–H and O–H groups in total. The monoisotopic (exact) mass is 629 g/mol. The average molecular weight is 630 g/mol. The minimum absolute atomic E-state index is 0.450. The van der Waals surface area contributed by atoms with Crippen LogP contribution in [-0.2, 0) is 5.41 Å². The zero-order valence-electron chi connectivity index (χ0n) is 25.4. The maximum absolute atomic E-state index is 5.19. The third-order valence-corrected chi connectivity index (χ3v) is 11.9. The molecule has 0 saturated heterocycles. The Morgan fingerprint density at radius 2 is 1.10 bits per heavy atom. The minimum atomic E-state index is -0.450. The van der Waals surface area contributed by atoms with Crippen molar-refractivity contribution in [3.63, 3.8) is 0 Å². The summed E-state index contributed by atoms with van der Waals surface area (Å²) in [4.78, 5) is 15.2. The summed E-state index contributed by atoms with van der Waals surface area (Å²) in [6, 6.07) is 44.4. The van der Waals surface area contributed by atoms with Gasteiger partial charge in [-0.25, -0.2) is 15.0 Å². The number of aromatic nitrogens is 5. The highest BCUT2D eigenvalue weighted by Crippen LogP contribution is 2.63. The molecular formula is C42H23N5S. The summed E-state index contributed by atoms with van der Waals surface area (Å²) in [6.45, 7) is 0. The van der Waals surface area contributed by atoms with Crippen molar-refractivity contribution < 1.29 is 0 Å². The third-order valence-electron chi connectivity index (χ3n) is 10.7. The molecule has 2 aliphatic rings. The standard InChI is InChI=1S/C42H23N5S/c1-5-16-30-24(10-1)25-11-2-6-17-31(25)42(30)32-18-7-3-13-28(32)37-33(42)22-34-39-45-23-35(47(39)41-40(46(34)37)43-20-21-44-41)29-15-9-14-27-26-12-4-8-19-36(26)48-38(27)29/h1-23H. The lowest BCUT2D eigenvalue weighted by Gasteiger charge is -2.29. The van der Waals surface area contributed by atoms with E-state index >= 15 is 0 Å². The van der Waals surface area contributed by atoms with Gasteiger partial charge in [-0.1, -0.05) is 109 Å². The number of imidazole rings is 1. The first-order valence-electron chi connectivity index (χ1n) is 16.2. The van der Waals surface area contributed by atoms with E-state index in [9.17, 15) is 0 Å². The molecule has 48 heavy (non-hydrogen) atoms. The van der Waals surface area contributed by atoms with Gasteiger partial charge in [0, 0.05) is 43.7 Å². The summed E-state index contributed by atoms with van der Waals surface area (Å²) in [7, 11) is 0. The van der Waals surface area contributed by atoms with Gasteiger partial charge < -0.3 is 0 Å². The van der Waals surface area contributed by atoms with E-state index in [0.29, 0.717) is 0 Å². The van der Waals surface area contributed by atoms with Crippen molar-refractivity contribution in [1.82, 2.24) is 23.8 Å². The van der Waals surface area contributed by atoms with Crippen LogP contribution in [0.1, 0.15) is 22.3 Å². The Morgan fingerprint density at radius 3 is 1.88 bits per heavy atom. The Balaban J connectivity index is 1.25. The normalized spacial score (nSPS) is 14.0. The molecule has 10 aromatic rings. The summed E-state index contributed by atoms with van der Waals surface area (Å²) in [5.41, 5.74) is 15.4. The van der Waals surface area contributed by atoms with E-state index in [-0.39, 0.29) is 0 Å². The lowest BCUT2D eigenvalue weighted by molar-refractivity contribution is 0.795. The molecule has 0 saturated carbocycles. The minimum Gasteiger partial charge on any atom is -0.287 e. The van der Waals surface area contributed by atoms with Crippen molar-refractivity contribution in [2.24, 2.45) is 0 Å². The van der Waals surface area contributed by atoms with Crippen LogP contribution in [-0.4, -0.2) is 23.8 Å². The van der Waals surface area contributed by atoms with Gasteiger partial charge in [-0.3, -0.25) is 8.80 Å². The van der Waals surface area contributed by atoms with Gasteiger partial charge in [0.1, 0.15) is 0 Å². The van der Waals surface area contributed by atoms with E-state index in [1.807, 2.05) is 17.5 Å². The second kappa shape index (κ2) is 8.62. The summed E-state index contributed by atoms with van der Waals surface area (Å²) < 4.78 is 7.08. The fourth-order valence-electron chi connectivity index (χ4n) is 8.95. The molecule has 0 unspecified atom stereocenters. The molecule has 6 heteroatoms. The molecule has 0 aliphatic heterocycles. The topological polar surface area (TPSA) is 47.5 Å². The Bertz CT molecular complexity index is 2990. The van der Waals surface area contributed by atoms with Gasteiger partial charge in [-0.05, 0) is 45.5 Å². The summed E-state index contributed by atoms with van der Waals surface area (Å²) in [5.74, 6) is 0. The molecule has 2 aliphatic carbocycles. The maximum Gasteiger partial charge on any atom is 0.183 e. The van der Waals surface area contributed by atoms with E-state index in [1.165, 1.54) is 59.1 Å². The first-order chi connectivity index (χ1) is 23.8. The van der Waals surface area contributed by atoms with Crippen molar-refractivity contribution in [2.75, 3.05) is 0 Å². The molecule has 5 aromatic carbocycles. The number of hydrogen-bond acceptors (Lipinski definition) is 4. The zero-order valence-corrected chi connectivity index (χ0v) is 26.2. The second-order valence-electron chi connectivity index (χ2n) is 12.8. The number of benzene rings is 5. The summed E-state index contributed by atoms with van der Waals surface area (Å²) in [5, 5.41) is 2.54. The largest absolute Gasteiger partial charge is 0.287 e. The van der Waals surface area contributed by atoms with Gasteiger partial charge in [0.15, 0.2) is 16.9 Å². The van der Waals surface area contributed by atoms with Gasteiger partial charge in [-0.15, -0.1) is 11.3 Å². The molecule has 0 fully saturated rings. The third kappa shape index (κ3) is 2.76. The second-order valence-corrected chi connectivity index (χ2v) is 13.9. The number of hydrogen-bond donors (Lipinski definition) is 0. The van der Waals surface area contributed by atoms with E-state index in [1.54, 1.807) is 12.4 Å². The molecule has 0 radical (unpaired) electrons. The van der Waals surface area contributed by atoms with E-state index < -0.39 is 5.41 Å². The van der Waals surface area contributed by atoms with Gasteiger partial charge in [0.25, 0.3) is 0 Å². The lowest BCUT2D eigenvalue weighted by Crippen LogP contribution is -2.25. The molecule has 0 amide bonds. The predicted molar refractivity (Wildman–Crippen MR) is 194 cm³/mol. The van der Waals surface area contributed by atoms with Crippen molar-refractivity contribution in [1.29, 1.82) is 0 Å². The van der Waals surface area contributed by atoms with Crippen molar-refractivity contribution in [3.8, 4) is 33.6 Å². The zero-order chi connectivity index (χ0) is 31.1. The maximum atomic E-state index is 5.19. The Morgan fingerprint density at radius 1 is 0.500 bits per heavy atom. The molecule has 5 nitrogen and oxygen atoms in total. The van der Waals surface area contributed by atoms with Crippen LogP contribution in [0, 0.1) is 0 Å².